The summed E-state index contributed by atoms with van der Waals surface area (Å²) >= 11 is 0. The summed E-state index contributed by atoms with van der Waals surface area (Å²) in [5, 5.41) is 6.54. The SMILES string of the molecule is CCNC(=NCCc1cccc(F)c1)NC(C)CC. The highest BCUT2D eigenvalue weighted by atomic mass is 19.1. The van der Waals surface area contributed by atoms with Crippen LogP contribution < -0.4 is 10.6 Å². The van der Waals surface area contributed by atoms with Gasteiger partial charge in [0.05, 0.1) is 0 Å². The van der Waals surface area contributed by atoms with Gasteiger partial charge in [-0.3, -0.25) is 4.99 Å². The van der Waals surface area contributed by atoms with Crippen molar-refractivity contribution in [3.05, 3.63) is 35.6 Å². The van der Waals surface area contributed by atoms with Gasteiger partial charge >= 0.3 is 0 Å². The second-order valence-corrected chi connectivity index (χ2v) is 4.59. The van der Waals surface area contributed by atoms with E-state index in [2.05, 4.69) is 29.5 Å². The van der Waals surface area contributed by atoms with Gasteiger partial charge in [-0.1, -0.05) is 19.1 Å². The number of hydrogen-bond acceptors (Lipinski definition) is 1. The number of halogens is 1. The Balaban J connectivity index is 2.51. The molecule has 1 rings (SSSR count). The molecule has 1 aromatic carbocycles. The van der Waals surface area contributed by atoms with Gasteiger partial charge in [-0.15, -0.1) is 0 Å². The molecule has 106 valence electrons. The lowest BCUT2D eigenvalue weighted by Crippen LogP contribution is -2.42. The Bertz CT molecular complexity index is 404. The van der Waals surface area contributed by atoms with Crippen molar-refractivity contribution >= 4 is 5.96 Å². The maximum absolute atomic E-state index is 13.0. The fraction of sp³-hybridized carbons (Fsp3) is 0.533. The fourth-order valence-corrected chi connectivity index (χ4v) is 1.64. The molecule has 0 aliphatic carbocycles. The molecular weight excluding hydrogens is 241 g/mol. The van der Waals surface area contributed by atoms with Gasteiger partial charge in [0.15, 0.2) is 5.96 Å². The van der Waals surface area contributed by atoms with E-state index in [1.54, 1.807) is 12.1 Å². The molecule has 3 nitrogen and oxygen atoms in total. The van der Waals surface area contributed by atoms with E-state index < -0.39 is 0 Å². The summed E-state index contributed by atoms with van der Waals surface area (Å²) in [6.45, 7) is 7.78. The molecule has 0 aliphatic heterocycles. The Hall–Kier alpha value is -1.58. The van der Waals surface area contributed by atoms with Crippen molar-refractivity contribution in [3.8, 4) is 0 Å². The number of guanidine groups is 1. The first kappa shape index (κ1) is 15.5. The van der Waals surface area contributed by atoms with E-state index in [1.807, 2.05) is 13.0 Å². The van der Waals surface area contributed by atoms with Crippen molar-refractivity contribution in [2.24, 2.45) is 4.99 Å². The highest BCUT2D eigenvalue weighted by Crippen LogP contribution is 2.04. The normalized spacial score (nSPS) is 13.2. The average Bonchev–Trinajstić information content (AvgIpc) is 2.39. The molecule has 1 atom stereocenters. The van der Waals surface area contributed by atoms with Gasteiger partial charge in [0.1, 0.15) is 5.82 Å². The fourth-order valence-electron chi connectivity index (χ4n) is 1.64. The second-order valence-electron chi connectivity index (χ2n) is 4.59. The molecule has 1 aromatic rings. The van der Waals surface area contributed by atoms with Crippen LogP contribution in [0.5, 0.6) is 0 Å². The standard InChI is InChI=1S/C15H24FN3/c1-4-12(3)19-15(17-5-2)18-10-9-13-7-6-8-14(16)11-13/h6-8,11-12H,4-5,9-10H2,1-3H3,(H2,17,18,19). The van der Waals surface area contributed by atoms with Crippen LogP contribution in [0.1, 0.15) is 32.8 Å². The molecule has 0 spiro atoms. The summed E-state index contributed by atoms with van der Waals surface area (Å²) in [6, 6.07) is 7.07. The highest BCUT2D eigenvalue weighted by molar-refractivity contribution is 5.80. The zero-order chi connectivity index (χ0) is 14.1. The first-order valence-corrected chi connectivity index (χ1v) is 6.95. The first-order valence-electron chi connectivity index (χ1n) is 6.95. The first-order chi connectivity index (χ1) is 9.15. The van der Waals surface area contributed by atoms with Crippen LogP contribution in [0.2, 0.25) is 0 Å². The summed E-state index contributed by atoms with van der Waals surface area (Å²) in [5.74, 6) is 0.638. The van der Waals surface area contributed by atoms with Gasteiger partial charge in [0, 0.05) is 19.1 Å². The van der Waals surface area contributed by atoms with Crippen LogP contribution in [0.15, 0.2) is 29.3 Å². The minimum atomic E-state index is -0.189. The van der Waals surface area contributed by atoms with Gasteiger partial charge in [-0.25, -0.2) is 4.39 Å². The molecule has 0 saturated carbocycles. The van der Waals surface area contributed by atoms with E-state index in [9.17, 15) is 4.39 Å². The van der Waals surface area contributed by atoms with Crippen molar-refractivity contribution < 1.29 is 4.39 Å². The summed E-state index contributed by atoms with van der Waals surface area (Å²) in [5.41, 5.74) is 0.975. The minimum absolute atomic E-state index is 0.189. The van der Waals surface area contributed by atoms with Gasteiger partial charge in [0.2, 0.25) is 0 Å². The Kier molecular flexibility index (Phi) is 6.93. The van der Waals surface area contributed by atoms with Crippen molar-refractivity contribution in [2.45, 2.75) is 39.7 Å². The summed E-state index contributed by atoms with van der Waals surface area (Å²) < 4.78 is 13.0. The van der Waals surface area contributed by atoms with E-state index >= 15 is 0 Å². The van der Waals surface area contributed by atoms with E-state index in [1.165, 1.54) is 6.07 Å². The van der Waals surface area contributed by atoms with Crippen LogP contribution in [0.25, 0.3) is 0 Å². The van der Waals surface area contributed by atoms with Gasteiger partial charge in [-0.05, 0) is 44.4 Å². The summed E-state index contributed by atoms with van der Waals surface area (Å²) in [4.78, 5) is 4.50. The van der Waals surface area contributed by atoms with E-state index in [-0.39, 0.29) is 5.82 Å². The number of rotatable bonds is 6. The average molecular weight is 265 g/mol. The summed E-state index contributed by atoms with van der Waals surface area (Å²) in [6.07, 6.45) is 1.79. The minimum Gasteiger partial charge on any atom is -0.357 e. The lowest BCUT2D eigenvalue weighted by Gasteiger charge is -2.16. The number of benzene rings is 1. The molecule has 0 saturated heterocycles. The summed E-state index contributed by atoms with van der Waals surface area (Å²) in [7, 11) is 0. The Morgan fingerprint density at radius 3 is 2.79 bits per heavy atom. The van der Waals surface area contributed by atoms with Gasteiger partial charge in [0.25, 0.3) is 0 Å². The molecule has 0 amide bonds. The van der Waals surface area contributed by atoms with Gasteiger partial charge in [-0.2, -0.15) is 0 Å². The van der Waals surface area contributed by atoms with Gasteiger partial charge < -0.3 is 10.6 Å². The lowest BCUT2D eigenvalue weighted by atomic mass is 10.1. The van der Waals surface area contributed by atoms with Crippen LogP contribution >= 0.6 is 0 Å². The number of hydrogen-bond donors (Lipinski definition) is 2. The largest absolute Gasteiger partial charge is 0.357 e. The van der Waals surface area contributed by atoms with Crippen LogP contribution in [0.4, 0.5) is 4.39 Å². The zero-order valence-electron chi connectivity index (χ0n) is 12.0. The van der Waals surface area contributed by atoms with Crippen molar-refractivity contribution in [2.75, 3.05) is 13.1 Å². The number of nitrogens with one attached hydrogen (secondary N) is 2. The predicted molar refractivity (Wildman–Crippen MR) is 79.0 cm³/mol. The molecule has 1 unspecified atom stereocenters. The Morgan fingerprint density at radius 2 is 2.16 bits per heavy atom. The number of nitrogens with zero attached hydrogens (tertiary/aromatic N) is 1. The van der Waals surface area contributed by atoms with Crippen LogP contribution in [0.3, 0.4) is 0 Å². The van der Waals surface area contributed by atoms with Crippen LogP contribution in [-0.4, -0.2) is 25.1 Å². The predicted octanol–water partition coefficient (Wildman–Crippen LogP) is 2.72. The zero-order valence-corrected chi connectivity index (χ0v) is 12.0. The molecule has 0 fully saturated rings. The van der Waals surface area contributed by atoms with E-state index in [0.717, 1.165) is 30.9 Å². The molecule has 4 heteroatoms. The Morgan fingerprint density at radius 1 is 1.37 bits per heavy atom. The molecule has 19 heavy (non-hydrogen) atoms. The van der Waals surface area contributed by atoms with Crippen molar-refractivity contribution in [3.63, 3.8) is 0 Å². The third-order valence-corrected chi connectivity index (χ3v) is 2.90. The van der Waals surface area contributed by atoms with Crippen LogP contribution in [0, 0.1) is 5.82 Å². The van der Waals surface area contributed by atoms with Crippen LogP contribution in [-0.2, 0) is 6.42 Å². The highest BCUT2D eigenvalue weighted by Gasteiger charge is 2.02. The molecule has 0 aromatic heterocycles. The molecular formula is C15H24FN3. The molecule has 2 N–H and O–H groups in total. The third kappa shape index (κ3) is 6.22. The third-order valence-electron chi connectivity index (χ3n) is 2.90. The lowest BCUT2D eigenvalue weighted by molar-refractivity contribution is 0.622. The maximum Gasteiger partial charge on any atom is 0.191 e. The molecule has 0 radical (unpaired) electrons. The quantitative estimate of drug-likeness (QED) is 0.613. The van der Waals surface area contributed by atoms with Crippen molar-refractivity contribution in [1.82, 2.24) is 10.6 Å². The second kappa shape index (κ2) is 8.51. The molecule has 0 heterocycles. The van der Waals surface area contributed by atoms with E-state index in [0.29, 0.717) is 12.6 Å². The molecule has 0 aliphatic rings. The Labute approximate surface area is 115 Å². The molecule has 0 bridgehead atoms. The van der Waals surface area contributed by atoms with E-state index in [4.69, 9.17) is 0 Å². The smallest absolute Gasteiger partial charge is 0.191 e. The number of aliphatic imine (C=N–C) groups is 1. The maximum atomic E-state index is 13.0. The topological polar surface area (TPSA) is 36.4 Å². The monoisotopic (exact) mass is 265 g/mol. The van der Waals surface area contributed by atoms with Crippen molar-refractivity contribution in [1.29, 1.82) is 0 Å².